The lowest BCUT2D eigenvalue weighted by Gasteiger charge is -2.19. The van der Waals surface area contributed by atoms with E-state index < -0.39 is 12.2 Å². The molecule has 1 fully saturated rings. The number of aliphatic hydroxyl groups excluding tert-OH is 1. The highest BCUT2D eigenvalue weighted by atomic mass is 35.5. The van der Waals surface area contributed by atoms with Crippen LogP contribution in [-0.4, -0.2) is 42.4 Å². The summed E-state index contributed by atoms with van der Waals surface area (Å²) in [7, 11) is 0. The molecule has 0 aromatic carbocycles. The zero-order valence-electron chi connectivity index (χ0n) is 11.1. The molecule has 0 spiro atoms. The number of hydrogen-bond donors (Lipinski definition) is 3. The standard InChI is InChI=1S/C12H24N2O3.ClH/c1-3-8(2)10(15)7-14-12(16)11-5-4-9(6-13)17-11;/h8-11,15H,3-7,13H2,1-2H3,(H,14,16);1H/t8?,9-,10?,11+;/m1./s1. The molecule has 108 valence electrons. The van der Waals surface area contributed by atoms with Crippen molar-refractivity contribution in [1.82, 2.24) is 5.32 Å². The van der Waals surface area contributed by atoms with E-state index in [1.165, 1.54) is 0 Å². The van der Waals surface area contributed by atoms with Crippen molar-refractivity contribution in [3.63, 3.8) is 0 Å². The number of ether oxygens (including phenoxy) is 1. The van der Waals surface area contributed by atoms with E-state index in [1.54, 1.807) is 0 Å². The van der Waals surface area contributed by atoms with Crippen LogP contribution in [0.25, 0.3) is 0 Å². The molecule has 1 saturated heterocycles. The zero-order valence-corrected chi connectivity index (χ0v) is 11.9. The zero-order chi connectivity index (χ0) is 12.8. The van der Waals surface area contributed by atoms with E-state index >= 15 is 0 Å². The van der Waals surface area contributed by atoms with E-state index in [2.05, 4.69) is 5.32 Å². The van der Waals surface area contributed by atoms with E-state index in [0.29, 0.717) is 19.5 Å². The van der Waals surface area contributed by atoms with E-state index in [-0.39, 0.29) is 30.3 Å². The van der Waals surface area contributed by atoms with Crippen LogP contribution in [0, 0.1) is 5.92 Å². The van der Waals surface area contributed by atoms with Gasteiger partial charge < -0.3 is 20.9 Å². The minimum Gasteiger partial charge on any atom is -0.391 e. The van der Waals surface area contributed by atoms with Gasteiger partial charge in [-0.25, -0.2) is 0 Å². The van der Waals surface area contributed by atoms with E-state index in [0.717, 1.165) is 12.8 Å². The summed E-state index contributed by atoms with van der Waals surface area (Å²) in [6, 6.07) is 0. The van der Waals surface area contributed by atoms with Crippen LogP contribution in [-0.2, 0) is 9.53 Å². The van der Waals surface area contributed by atoms with Crippen molar-refractivity contribution in [3.8, 4) is 0 Å². The van der Waals surface area contributed by atoms with Gasteiger partial charge in [-0.3, -0.25) is 4.79 Å². The van der Waals surface area contributed by atoms with Gasteiger partial charge in [0.1, 0.15) is 6.10 Å². The van der Waals surface area contributed by atoms with Crippen LogP contribution in [0.1, 0.15) is 33.1 Å². The Kier molecular flexibility index (Phi) is 8.52. The Labute approximate surface area is 115 Å². The molecule has 0 saturated carbocycles. The summed E-state index contributed by atoms with van der Waals surface area (Å²) in [5.74, 6) is 0.0555. The van der Waals surface area contributed by atoms with Crippen molar-refractivity contribution in [2.24, 2.45) is 11.7 Å². The molecule has 5 nitrogen and oxygen atoms in total. The fourth-order valence-corrected chi connectivity index (χ4v) is 1.86. The average molecular weight is 281 g/mol. The van der Waals surface area contributed by atoms with Gasteiger partial charge in [-0.2, -0.15) is 0 Å². The summed E-state index contributed by atoms with van der Waals surface area (Å²) >= 11 is 0. The molecule has 0 radical (unpaired) electrons. The molecule has 4 atom stereocenters. The molecule has 6 heteroatoms. The van der Waals surface area contributed by atoms with Crippen molar-refractivity contribution in [1.29, 1.82) is 0 Å². The van der Waals surface area contributed by atoms with Gasteiger partial charge in [-0.1, -0.05) is 20.3 Å². The predicted molar refractivity (Wildman–Crippen MR) is 72.7 cm³/mol. The molecule has 1 amide bonds. The van der Waals surface area contributed by atoms with Gasteiger partial charge >= 0.3 is 0 Å². The quantitative estimate of drug-likeness (QED) is 0.659. The summed E-state index contributed by atoms with van der Waals surface area (Å²) in [4.78, 5) is 11.7. The lowest BCUT2D eigenvalue weighted by Crippen LogP contribution is -2.41. The largest absolute Gasteiger partial charge is 0.391 e. The lowest BCUT2D eigenvalue weighted by molar-refractivity contribution is -0.132. The van der Waals surface area contributed by atoms with Gasteiger partial charge in [0, 0.05) is 13.1 Å². The molecule has 0 bridgehead atoms. The Morgan fingerprint density at radius 1 is 1.56 bits per heavy atom. The molecule has 0 aromatic rings. The van der Waals surface area contributed by atoms with Crippen LogP contribution in [0.3, 0.4) is 0 Å². The van der Waals surface area contributed by atoms with Crippen LogP contribution >= 0.6 is 12.4 Å². The summed E-state index contributed by atoms with van der Waals surface area (Å²) in [5.41, 5.74) is 5.48. The molecule has 18 heavy (non-hydrogen) atoms. The highest BCUT2D eigenvalue weighted by Gasteiger charge is 2.30. The SMILES string of the molecule is CCC(C)C(O)CNC(=O)[C@@H]1CC[C@H](CN)O1.Cl. The molecule has 1 aliphatic heterocycles. The number of nitrogens with two attached hydrogens (primary N) is 1. The molecule has 1 heterocycles. The topological polar surface area (TPSA) is 84.6 Å². The summed E-state index contributed by atoms with van der Waals surface area (Å²) in [6.45, 7) is 4.73. The van der Waals surface area contributed by atoms with Gasteiger partial charge in [0.15, 0.2) is 0 Å². The minimum atomic E-state index is -0.490. The number of amides is 1. The minimum absolute atomic E-state index is 0. The first kappa shape index (κ1) is 17.6. The molecule has 0 aliphatic carbocycles. The van der Waals surface area contributed by atoms with Gasteiger partial charge in [0.2, 0.25) is 5.91 Å². The molecular formula is C12H25ClN2O3. The number of hydrogen-bond acceptors (Lipinski definition) is 4. The molecule has 1 rings (SSSR count). The maximum Gasteiger partial charge on any atom is 0.249 e. The molecule has 1 aliphatic rings. The second kappa shape index (κ2) is 8.69. The first-order chi connectivity index (χ1) is 8.08. The van der Waals surface area contributed by atoms with Gasteiger partial charge in [0.25, 0.3) is 0 Å². The first-order valence-electron chi connectivity index (χ1n) is 6.39. The Bertz CT molecular complexity index is 253. The Hall–Kier alpha value is -0.360. The van der Waals surface area contributed by atoms with E-state index in [1.807, 2.05) is 13.8 Å². The van der Waals surface area contributed by atoms with E-state index in [4.69, 9.17) is 10.5 Å². The maximum atomic E-state index is 11.7. The van der Waals surface area contributed by atoms with Crippen LogP contribution in [0.15, 0.2) is 0 Å². The highest BCUT2D eigenvalue weighted by molar-refractivity contribution is 5.85. The molecular weight excluding hydrogens is 256 g/mol. The fourth-order valence-electron chi connectivity index (χ4n) is 1.86. The van der Waals surface area contributed by atoms with Crippen LogP contribution in [0.2, 0.25) is 0 Å². The molecule has 0 aromatic heterocycles. The van der Waals surface area contributed by atoms with E-state index in [9.17, 15) is 9.90 Å². The van der Waals surface area contributed by atoms with Crippen LogP contribution in [0.5, 0.6) is 0 Å². The van der Waals surface area contributed by atoms with Crippen molar-refractivity contribution in [3.05, 3.63) is 0 Å². The number of rotatable bonds is 6. The predicted octanol–water partition coefficient (Wildman–Crippen LogP) is 0.438. The van der Waals surface area contributed by atoms with Crippen molar-refractivity contribution in [2.75, 3.05) is 13.1 Å². The Balaban J connectivity index is 0.00000289. The lowest BCUT2D eigenvalue weighted by atomic mass is 10.0. The van der Waals surface area contributed by atoms with Crippen LogP contribution in [0.4, 0.5) is 0 Å². The normalized spacial score (nSPS) is 26.2. The maximum absolute atomic E-state index is 11.7. The summed E-state index contributed by atoms with van der Waals surface area (Å²) < 4.78 is 5.47. The number of nitrogens with one attached hydrogen (secondary N) is 1. The Morgan fingerprint density at radius 3 is 2.72 bits per heavy atom. The highest BCUT2D eigenvalue weighted by Crippen LogP contribution is 2.18. The number of carbonyl (C=O) groups is 1. The van der Waals surface area contributed by atoms with Gasteiger partial charge in [-0.15, -0.1) is 12.4 Å². The Morgan fingerprint density at radius 2 is 2.22 bits per heavy atom. The fraction of sp³-hybridized carbons (Fsp3) is 0.917. The molecule has 2 unspecified atom stereocenters. The van der Waals surface area contributed by atoms with Crippen molar-refractivity contribution in [2.45, 2.75) is 51.4 Å². The molecule has 4 N–H and O–H groups in total. The second-order valence-electron chi connectivity index (χ2n) is 4.76. The van der Waals surface area contributed by atoms with Crippen molar-refractivity contribution >= 4 is 18.3 Å². The summed E-state index contributed by atoms with van der Waals surface area (Å²) in [6.07, 6.45) is 1.57. The third kappa shape index (κ3) is 5.10. The number of aliphatic hydroxyl groups is 1. The second-order valence-corrected chi connectivity index (χ2v) is 4.76. The number of halogens is 1. The third-order valence-corrected chi connectivity index (χ3v) is 3.45. The third-order valence-electron chi connectivity index (χ3n) is 3.45. The average Bonchev–Trinajstić information content (AvgIpc) is 2.83. The van der Waals surface area contributed by atoms with Crippen molar-refractivity contribution < 1.29 is 14.6 Å². The smallest absolute Gasteiger partial charge is 0.249 e. The monoisotopic (exact) mass is 280 g/mol. The number of carbonyl (C=O) groups excluding carboxylic acids is 1. The van der Waals surface area contributed by atoms with Gasteiger partial charge in [-0.05, 0) is 18.8 Å². The van der Waals surface area contributed by atoms with Crippen LogP contribution < -0.4 is 11.1 Å². The first-order valence-corrected chi connectivity index (χ1v) is 6.39. The summed E-state index contributed by atoms with van der Waals surface area (Å²) in [5, 5.41) is 12.5. The van der Waals surface area contributed by atoms with Gasteiger partial charge in [0.05, 0.1) is 12.2 Å².